The first-order valence-electron chi connectivity index (χ1n) is 15.9. The van der Waals surface area contributed by atoms with Crippen molar-refractivity contribution in [2.45, 2.75) is 0 Å². The molecule has 0 bridgehead atoms. The van der Waals surface area contributed by atoms with E-state index < -0.39 is 5.69 Å². The van der Waals surface area contributed by atoms with Gasteiger partial charge in [-0.3, -0.25) is 9.36 Å². The molecule has 0 spiro atoms. The molecule has 48 heavy (non-hydrogen) atoms. The van der Waals surface area contributed by atoms with Crippen LogP contribution in [-0.4, -0.2) is 9.13 Å². The van der Waals surface area contributed by atoms with Crippen molar-refractivity contribution in [2.75, 3.05) is 0 Å². The van der Waals surface area contributed by atoms with Gasteiger partial charge in [0.05, 0.1) is 22.3 Å². The van der Waals surface area contributed by atoms with Crippen LogP contribution in [0.25, 0.3) is 66.8 Å². The fraction of sp³-hybridized carbons (Fsp3) is 0. The second-order valence-corrected chi connectivity index (χ2v) is 11.7. The van der Waals surface area contributed by atoms with E-state index in [4.69, 9.17) is 0 Å². The summed E-state index contributed by atoms with van der Waals surface area (Å²) in [6, 6.07) is 59.8. The van der Waals surface area contributed by atoms with Crippen molar-refractivity contribution >= 4 is 10.9 Å². The van der Waals surface area contributed by atoms with Gasteiger partial charge >= 0.3 is 5.69 Å². The minimum atomic E-state index is -0.436. The van der Waals surface area contributed by atoms with E-state index in [0.717, 1.165) is 44.5 Å². The highest BCUT2D eigenvalue weighted by Gasteiger charge is 2.20. The SMILES string of the molecule is O=c1c2cccc(-c3cccc(-c4ccccc4)c3)c2n(-c2cccc(-c3ccccc3)c2)c(=O)n1-c1cccc(-c2ccccc2)c1. The monoisotopic (exact) mass is 618 g/mol. The van der Waals surface area contributed by atoms with Crippen LogP contribution in [0.15, 0.2) is 192 Å². The van der Waals surface area contributed by atoms with Gasteiger partial charge in [-0.05, 0) is 75.3 Å². The van der Waals surface area contributed by atoms with Crippen molar-refractivity contribution in [2.24, 2.45) is 0 Å². The van der Waals surface area contributed by atoms with Gasteiger partial charge in [0, 0.05) is 5.56 Å². The molecule has 8 rings (SSSR count). The summed E-state index contributed by atoms with van der Waals surface area (Å²) < 4.78 is 3.00. The molecule has 0 fully saturated rings. The fourth-order valence-electron chi connectivity index (χ4n) is 6.47. The van der Waals surface area contributed by atoms with E-state index in [0.29, 0.717) is 22.3 Å². The lowest BCUT2D eigenvalue weighted by Crippen LogP contribution is -2.38. The third kappa shape index (κ3) is 5.25. The Bertz CT molecular complexity index is 2530. The van der Waals surface area contributed by atoms with Crippen LogP contribution in [0, 0.1) is 0 Å². The van der Waals surface area contributed by atoms with Crippen LogP contribution in [0.5, 0.6) is 0 Å². The van der Waals surface area contributed by atoms with Gasteiger partial charge < -0.3 is 0 Å². The van der Waals surface area contributed by atoms with E-state index in [1.165, 1.54) is 4.57 Å². The maximum absolute atomic E-state index is 14.9. The molecule has 0 unspecified atom stereocenters. The summed E-state index contributed by atoms with van der Waals surface area (Å²) in [4.78, 5) is 29.4. The molecule has 0 aliphatic carbocycles. The van der Waals surface area contributed by atoms with Crippen LogP contribution >= 0.6 is 0 Å². The van der Waals surface area contributed by atoms with E-state index in [1.807, 2.05) is 146 Å². The van der Waals surface area contributed by atoms with Gasteiger partial charge in [0.2, 0.25) is 0 Å². The Morgan fingerprint density at radius 3 is 1.29 bits per heavy atom. The first-order valence-corrected chi connectivity index (χ1v) is 15.9. The number of fused-ring (bicyclic) bond motifs is 1. The Kier molecular flexibility index (Phi) is 7.44. The highest BCUT2D eigenvalue weighted by Crippen LogP contribution is 2.33. The standard InChI is InChI=1S/C44H30N2O2/c47-43-41-27-13-26-40(37-23-10-20-34(28-37)31-14-4-1-5-15-31)42(41)45(38-24-11-21-35(29-38)32-16-6-2-7-17-32)44(48)46(43)39-25-12-22-36(30-39)33-18-8-3-9-19-33/h1-30H. The highest BCUT2D eigenvalue weighted by molar-refractivity contribution is 5.95. The predicted octanol–water partition coefficient (Wildman–Crippen LogP) is 9.81. The summed E-state index contributed by atoms with van der Waals surface area (Å²) in [5, 5.41) is 0.451. The smallest absolute Gasteiger partial charge is 0.268 e. The minimum Gasteiger partial charge on any atom is -0.268 e. The molecule has 0 saturated carbocycles. The van der Waals surface area contributed by atoms with Crippen LogP contribution in [0.4, 0.5) is 0 Å². The lowest BCUT2D eigenvalue weighted by atomic mass is 9.97. The maximum atomic E-state index is 14.9. The zero-order chi connectivity index (χ0) is 32.5. The van der Waals surface area contributed by atoms with Gasteiger partial charge in [0.15, 0.2) is 0 Å². The molecule has 4 heteroatoms. The molecule has 8 aromatic rings. The highest BCUT2D eigenvalue weighted by atomic mass is 16.2. The number of nitrogens with zero attached hydrogens (tertiary/aromatic N) is 2. The quantitative estimate of drug-likeness (QED) is 0.186. The van der Waals surface area contributed by atoms with E-state index in [1.54, 1.807) is 4.57 Å². The average Bonchev–Trinajstić information content (AvgIpc) is 3.16. The van der Waals surface area contributed by atoms with E-state index in [2.05, 4.69) is 36.4 Å². The predicted molar refractivity (Wildman–Crippen MR) is 197 cm³/mol. The van der Waals surface area contributed by atoms with Crippen LogP contribution in [0.3, 0.4) is 0 Å². The van der Waals surface area contributed by atoms with Crippen LogP contribution in [0.1, 0.15) is 0 Å². The number of aromatic nitrogens is 2. The zero-order valence-electron chi connectivity index (χ0n) is 26.0. The molecule has 0 aliphatic rings. The van der Waals surface area contributed by atoms with Gasteiger partial charge in [-0.1, -0.05) is 146 Å². The summed E-state index contributed by atoms with van der Waals surface area (Å²) in [6.45, 7) is 0. The molecule has 0 N–H and O–H groups in total. The first kappa shape index (κ1) is 28.9. The first-order chi connectivity index (χ1) is 23.7. The van der Waals surface area contributed by atoms with Crippen LogP contribution in [0.2, 0.25) is 0 Å². The molecule has 1 heterocycles. The number of benzene rings is 7. The lowest BCUT2D eigenvalue weighted by Gasteiger charge is -2.18. The molecule has 0 saturated heterocycles. The Morgan fingerprint density at radius 2 is 0.750 bits per heavy atom. The summed E-state index contributed by atoms with van der Waals surface area (Å²) >= 11 is 0. The molecule has 0 amide bonds. The number of para-hydroxylation sites is 1. The van der Waals surface area contributed by atoms with Crippen molar-refractivity contribution in [3.63, 3.8) is 0 Å². The average molecular weight is 619 g/mol. The van der Waals surface area contributed by atoms with E-state index in [9.17, 15) is 9.59 Å². The zero-order valence-corrected chi connectivity index (χ0v) is 26.0. The molecule has 0 aliphatic heterocycles. The largest absolute Gasteiger partial charge is 0.340 e. The maximum Gasteiger partial charge on any atom is 0.340 e. The van der Waals surface area contributed by atoms with Crippen molar-refractivity contribution in [1.82, 2.24) is 9.13 Å². The molecule has 0 radical (unpaired) electrons. The van der Waals surface area contributed by atoms with Gasteiger partial charge in [-0.25, -0.2) is 9.36 Å². The number of hydrogen-bond acceptors (Lipinski definition) is 2. The Labute approximate surface area is 278 Å². The Balaban J connectivity index is 1.42. The Hall–Kier alpha value is -6.52. The van der Waals surface area contributed by atoms with Crippen LogP contribution in [-0.2, 0) is 0 Å². The molecule has 1 aromatic heterocycles. The van der Waals surface area contributed by atoms with E-state index in [-0.39, 0.29) is 5.56 Å². The van der Waals surface area contributed by atoms with Gasteiger partial charge in [-0.15, -0.1) is 0 Å². The topological polar surface area (TPSA) is 44.0 Å². The second kappa shape index (κ2) is 12.3. The summed E-state index contributed by atoms with van der Waals surface area (Å²) in [5.74, 6) is 0. The van der Waals surface area contributed by atoms with Crippen molar-refractivity contribution in [1.29, 1.82) is 0 Å². The van der Waals surface area contributed by atoms with Gasteiger partial charge in [0.1, 0.15) is 0 Å². The third-order valence-corrected chi connectivity index (χ3v) is 8.78. The molecular formula is C44H30N2O2. The molecule has 7 aromatic carbocycles. The molecule has 4 nitrogen and oxygen atoms in total. The van der Waals surface area contributed by atoms with Crippen molar-refractivity contribution in [3.8, 4) is 55.9 Å². The molecular weight excluding hydrogens is 588 g/mol. The number of hydrogen-bond donors (Lipinski definition) is 0. The summed E-state index contributed by atoms with van der Waals surface area (Å²) in [6.07, 6.45) is 0. The normalized spacial score (nSPS) is 11.1. The van der Waals surface area contributed by atoms with Gasteiger partial charge in [0.25, 0.3) is 5.56 Å². The van der Waals surface area contributed by atoms with E-state index >= 15 is 0 Å². The summed E-state index contributed by atoms with van der Waals surface area (Å²) in [5.41, 5.74) is 8.75. The Morgan fingerprint density at radius 1 is 0.333 bits per heavy atom. The minimum absolute atomic E-state index is 0.364. The second-order valence-electron chi connectivity index (χ2n) is 11.7. The fourth-order valence-corrected chi connectivity index (χ4v) is 6.47. The third-order valence-electron chi connectivity index (χ3n) is 8.78. The molecule has 228 valence electrons. The van der Waals surface area contributed by atoms with Crippen LogP contribution < -0.4 is 11.2 Å². The van der Waals surface area contributed by atoms with Crippen molar-refractivity contribution < 1.29 is 0 Å². The number of rotatable bonds is 6. The van der Waals surface area contributed by atoms with Crippen molar-refractivity contribution in [3.05, 3.63) is 203 Å². The molecule has 0 atom stereocenters. The van der Waals surface area contributed by atoms with Gasteiger partial charge in [-0.2, -0.15) is 0 Å². The lowest BCUT2D eigenvalue weighted by molar-refractivity contribution is 0.835. The summed E-state index contributed by atoms with van der Waals surface area (Å²) in [7, 11) is 0.